The van der Waals surface area contributed by atoms with E-state index >= 15 is 0 Å². The Bertz CT molecular complexity index is 771. The van der Waals surface area contributed by atoms with Crippen LogP contribution in [0.2, 0.25) is 0 Å². The number of fused-ring (bicyclic) bond motifs is 3. The molecule has 0 saturated carbocycles. The second kappa shape index (κ2) is 6.93. The largest absolute Gasteiger partial charge is 0.256 e. The van der Waals surface area contributed by atoms with Crippen molar-refractivity contribution in [3.63, 3.8) is 0 Å². The summed E-state index contributed by atoms with van der Waals surface area (Å²) in [7, 11) is 0. The van der Waals surface area contributed by atoms with Crippen LogP contribution < -0.4 is 0 Å². The molecule has 1 aromatic carbocycles. The zero-order valence-electron chi connectivity index (χ0n) is 15.4. The number of rotatable bonds is 5. The maximum atomic E-state index is 4.77. The van der Waals surface area contributed by atoms with E-state index in [0.717, 1.165) is 12.8 Å². The molecule has 1 nitrogen and oxygen atoms in total. The fourth-order valence-corrected chi connectivity index (χ4v) is 4.14. The molecule has 0 N–H and O–H groups in total. The van der Waals surface area contributed by atoms with Crippen molar-refractivity contribution >= 4 is 17.0 Å². The molecule has 0 saturated heterocycles. The quantitative estimate of drug-likeness (QED) is 0.555. The van der Waals surface area contributed by atoms with Gasteiger partial charge in [-0.3, -0.25) is 4.98 Å². The summed E-state index contributed by atoms with van der Waals surface area (Å²) in [5, 5.41) is 1.25. The average Bonchev–Trinajstić information content (AvgIpc) is 2.64. The van der Waals surface area contributed by atoms with Crippen LogP contribution in [0.15, 0.2) is 48.7 Å². The highest BCUT2D eigenvalue weighted by atomic mass is 14.7. The summed E-state index contributed by atoms with van der Waals surface area (Å²) in [6.45, 7) is 9.38. The van der Waals surface area contributed by atoms with Crippen LogP contribution in [0, 0.1) is 11.3 Å². The van der Waals surface area contributed by atoms with E-state index < -0.39 is 0 Å². The maximum Gasteiger partial charge on any atom is 0.0743 e. The predicted molar refractivity (Wildman–Crippen MR) is 105 cm³/mol. The first-order valence-electron chi connectivity index (χ1n) is 9.33. The van der Waals surface area contributed by atoms with Crippen molar-refractivity contribution in [1.29, 1.82) is 0 Å². The molecular weight excluding hydrogens is 290 g/mol. The van der Waals surface area contributed by atoms with Gasteiger partial charge >= 0.3 is 0 Å². The molecule has 1 aliphatic carbocycles. The van der Waals surface area contributed by atoms with Gasteiger partial charge < -0.3 is 0 Å². The van der Waals surface area contributed by atoms with E-state index in [1.54, 1.807) is 0 Å². The van der Waals surface area contributed by atoms with Crippen LogP contribution in [0.25, 0.3) is 17.0 Å². The van der Waals surface area contributed by atoms with Crippen molar-refractivity contribution in [3.05, 3.63) is 59.8 Å². The molecular formula is C23H29N. The van der Waals surface area contributed by atoms with Gasteiger partial charge in [-0.25, -0.2) is 0 Å². The van der Waals surface area contributed by atoms with Crippen molar-refractivity contribution in [2.24, 2.45) is 11.3 Å². The molecule has 0 aliphatic heterocycles. The van der Waals surface area contributed by atoms with Gasteiger partial charge in [0.15, 0.2) is 0 Å². The highest BCUT2D eigenvalue weighted by Crippen LogP contribution is 2.50. The van der Waals surface area contributed by atoms with Gasteiger partial charge in [-0.15, -0.1) is 0 Å². The van der Waals surface area contributed by atoms with Gasteiger partial charge in [0.2, 0.25) is 0 Å². The Morgan fingerprint density at radius 1 is 1.29 bits per heavy atom. The minimum atomic E-state index is 0.149. The lowest BCUT2D eigenvalue weighted by Crippen LogP contribution is -2.32. The third-order valence-corrected chi connectivity index (χ3v) is 6.00. The number of pyridine rings is 1. The number of allylic oxidation sites excluding steroid dienone is 3. The summed E-state index contributed by atoms with van der Waals surface area (Å²) in [6, 6.07) is 8.69. The number of hydrogen-bond acceptors (Lipinski definition) is 1. The molecule has 24 heavy (non-hydrogen) atoms. The maximum absolute atomic E-state index is 4.77. The first-order chi connectivity index (χ1) is 11.6. The van der Waals surface area contributed by atoms with Gasteiger partial charge in [-0.1, -0.05) is 76.6 Å². The zero-order chi connectivity index (χ0) is 17.2. The topological polar surface area (TPSA) is 12.9 Å². The second-order valence-electron chi connectivity index (χ2n) is 7.32. The highest BCUT2D eigenvalue weighted by Gasteiger charge is 2.39. The molecule has 0 fully saturated rings. The fourth-order valence-electron chi connectivity index (χ4n) is 4.14. The van der Waals surface area contributed by atoms with Crippen molar-refractivity contribution < 1.29 is 0 Å². The fraction of sp³-hybridized carbons (Fsp3) is 0.435. The molecule has 0 radical (unpaired) electrons. The van der Waals surface area contributed by atoms with Gasteiger partial charge in [-0.05, 0) is 47.3 Å². The monoisotopic (exact) mass is 319 g/mol. The Labute approximate surface area is 146 Å². The summed E-state index contributed by atoms with van der Waals surface area (Å²) in [5.74, 6) is 1.11. The lowest BCUT2D eigenvalue weighted by Gasteiger charge is -2.42. The van der Waals surface area contributed by atoms with Crippen molar-refractivity contribution in [2.45, 2.75) is 52.9 Å². The normalized spacial score (nSPS) is 20.9. The van der Waals surface area contributed by atoms with Gasteiger partial charge in [0.25, 0.3) is 0 Å². The minimum absolute atomic E-state index is 0.149. The van der Waals surface area contributed by atoms with E-state index in [4.69, 9.17) is 4.98 Å². The van der Waals surface area contributed by atoms with E-state index in [1.807, 2.05) is 12.3 Å². The summed E-state index contributed by atoms with van der Waals surface area (Å²) in [4.78, 5) is 4.77. The predicted octanol–water partition coefficient (Wildman–Crippen LogP) is 6.75. The molecule has 3 atom stereocenters. The molecule has 1 heterocycles. The molecule has 2 aromatic rings. The first kappa shape index (κ1) is 17.0. The van der Waals surface area contributed by atoms with Crippen LogP contribution in [0.1, 0.15) is 64.0 Å². The van der Waals surface area contributed by atoms with E-state index in [1.165, 1.54) is 28.5 Å². The first-order valence-corrected chi connectivity index (χ1v) is 9.33. The Morgan fingerprint density at radius 2 is 2.12 bits per heavy atom. The van der Waals surface area contributed by atoms with E-state index in [9.17, 15) is 0 Å². The smallest absolute Gasteiger partial charge is 0.0743 e. The van der Waals surface area contributed by atoms with Crippen molar-refractivity contribution in [1.82, 2.24) is 4.98 Å². The minimum Gasteiger partial charge on any atom is -0.256 e. The Kier molecular flexibility index (Phi) is 4.89. The van der Waals surface area contributed by atoms with Crippen LogP contribution >= 0.6 is 0 Å². The van der Waals surface area contributed by atoms with Crippen molar-refractivity contribution in [3.8, 4) is 0 Å². The van der Waals surface area contributed by atoms with Gasteiger partial charge in [0.1, 0.15) is 0 Å². The van der Waals surface area contributed by atoms with Gasteiger partial charge in [-0.2, -0.15) is 0 Å². The van der Waals surface area contributed by atoms with E-state index in [-0.39, 0.29) is 5.41 Å². The summed E-state index contributed by atoms with van der Waals surface area (Å²) < 4.78 is 0. The Hall–Kier alpha value is -1.89. The SMILES string of the molecule is CCC=CC(C)(C(C)CC)C1CC=Cc2ccc3cccnc3c21. The summed E-state index contributed by atoms with van der Waals surface area (Å²) >= 11 is 0. The second-order valence-corrected chi connectivity index (χ2v) is 7.32. The number of benzene rings is 1. The lowest BCUT2D eigenvalue weighted by atomic mass is 9.62. The zero-order valence-corrected chi connectivity index (χ0v) is 15.4. The van der Waals surface area contributed by atoms with Crippen LogP contribution in [0.5, 0.6) is 0 Å². The molecule has 1 aliphatic rings. The summed E-state index contributed by atoms with van der Waals surface area (Å²) in [6.07, 6.45) is 14.8. The standard InChI is InChI=1S/C23H29N/c1-5-7-15-23(4,17(3)6-2)20-12-8-10-18-13-14-19-11-9-16-24-22(19)21(18)20/h7-11,13-17,20H,5-6,12H2,1-4H3. The molecule has 0 bridgehead atoms. The van der Waals surface area contributed by atoms with Crippen LogP contribution in [-0.2, 0) is 0 Å². The third kappa shape index (κ3) is 2.81. The van der Waals surface area contributed by atoms with Crippen LogP contribution in [-0.4, -0.2) is 4.98 Å². The third-order valence-electron chi connectivity index (χ3n) is 6.00. The molecule has 126 valence electrons. The van der Waals surface area contributed by atoms with Gasteiger partial charge in [0, 0.05) is 11.6 Å². The Morgan fingerprint density at radius 3 is 2.88 bits per heavy atom. The lowest BCUT2D eigenvalue weighted by molar-refractivity contribution is 0.213. The van der Waals surface area contributed by atoms with E-state index in [0.29, 0.717) is 11.8 Å². The Balaban J connectivity index is 2.21. The van der Waals surface area contributed by atoms with Crippen LogP contribution in [0.3, 0.4) is 0 Å². The van der Waals surface area contributed by atoms with Crippen molar-refractivity contribution in [2.75, 3.05) is 0 Å². The van der Waals surface area contributed by atoms with E-state index in [2.05, 4.69) is 70.2 Å². The molecule has 1 heteroatoms. The summed E-state index contributed by atoms with van der Waals surface area (Å²) in [5.41, 5.74) is 4.12. The van der Waals surface area contributed by atoms with Gasteiger partial charge in [0.05, 0.1) is 5.52 Å². The molecule has 0 amide bonds. The van der Waals surface area contributed by atoms with Crippen LogP contribution in [0.4, 0.5) is 0 Å². The molecule has 0 spiro atoms. The molecule has 1 aromatic heterocycles. The number of aromatic nitrogens is 1. The molecule has 3 unspecified atom stereocenters. The number of hydrogen-bond donors (Lipinski definition) is 0. The highest BCUT2D eigenvalue weighted by molar-refractivity contribution is 5.86. The molecule has 3 rings (SSSR count). The number of nitrogens with zero attached hydrogens (tertiary/aromatic N) is 1. The average molecular weight is 319 g/mol.